The number of aryl methyl sites for hydroxylation is 1. The average Bonchev–Trinajstić information content (AvgIpc) is 3.39. The molecule has 8 nitrogen and oxygen atoms in total. The number of amides is 1. The van der Waals surface area contributed by atoms with Crippen molar-refractivity contribution >= 4 is 33.8 Å². The summed E-state index contributed by atoms with van der Waals surface area (Å²) in [6.45, 7) is 3.47. The number of hydrogen-bond donors (Lipinski definition) is 1. The Hall–Kier alpha value is -3.33. The highest BCUT2D eigenvalue weighted by molar-refractivity contribution is 7.13. The Bertz CT molecular complexity index is 1180. The molecule has 1 saturated heterocycles. The Labute approximate surface area is 177 Å². The number of nitrogens with one attached hydrogen (secondary N) is 1. The van der Waals surface area contributed by atoms with Crippen molar-refractivity contribution < 1.29 is 4.79 Å². The van der Waals surface area contributed by atoms with E-state index in [-0.39, 0.29) is 11.8 Å². The third-order valence-corrected chi connectivity index (χ3v) is 6.20. The molecule has 0 atom stereocenters. The summed E-state index contributed by atoms with van der Waals surface area (Å²) in [7, 11) is 0. The normalized spacial score (nSPS) is 14.9. The maximum atomic E-state index is 12.6. The topological polar surface area (TPSA) is 88.3 Å². The van der Waals surface area contributed by atoms with Crippen LogP contribution in [0.15, 0.2) is 47.8 Å². The van der Waals surface area contributed by atoms with E-state index in [4.69, 9.17) is 5.10 Å². The maximum absolute atomic E-state index is 12.6. The van der Waals surface area contributed by atoms with Gasteiger partial charge in [0.2, 0.25) is 5.91 Å². The summed E-state index contributed by atoms with van der Waals surface area (Å²) < 4.78 is 1.79. The lowest BCUT2D eigenvalue weighted by atomic mass is 9.96. The Kier molecular flexibility index (Phi) is 4.88. The predicted molar refractivity (Wildman–Crippen MR) is 117 cm³/mol. The van der Waals surface area contributed by atoms with E-state index in [2.05, 4.69) is 25.4 Å². The standard InChI is InChI=1S/C21H21N7OS/c1-14-13-30-21(22-14)23-20(29)16-9-11-27(12-10-16)18-8-7-17-24-25-19(28(17)26-18)15-5-3-2-4-6-15/h2-8,13,16H,9-12H2,1H3,(H,22,23,29). The van der Waals surface area contributed by atoms with Crippen molar-refractivity contribution in [1.82, 2.24) is 24.8 Å². The summed E-state index contributed by atoms with van der Waals surface area (Å²) in [4.78, 5) is 19.1. The molecule has 0 aliphatic carbocycles. The van der Waals surface area contributed by atoms with Crippen LogP contribution in [0.3, 0.4) is 0 Å². The van der Waals surface area contributed by atoms with Gasteiger partial charge in [0.15, 0.2) is 16.6 Å². The van der Waals surface area contributed by atoms with Gasteiger partial charge in [0.25, 0.3) is 0 Å². The van der Waals surface area contributed by atoms with Gasteiger partial charge in [-0.05, 0) is 31.9 Å². The van der Waals surface area contributed by atoms with Crippen molar-refractivity contribution in [3.8, 4) is 11.4 Å². The lowest BCUT2D eigenvalue weighted by molar-refractivity contribution is -0.120. The molecule has 3 aromatic heterocycles. The van der Waals surface area contributed by atoms with Crippen LogP contribution in [-0.2, 0) is 4.79 Å². The molecule has 9 heteroatoms. The Morgan fingerprint density at radius 2 is 1.90 bits per heavy atom. The molecule has 1 aliphatic heterocycles. The fourth-order valence-corrected chi connectivity index (χ4v) is 4.40. The smallest absolute Gasteiger partial charge is 0.229 e. The number of nitrogens with zero attached hydrogens (tertiary/aromatic N) is 6. The molecule has 0 saturated carbocycles. The van der Waals surface area contributed by atoms with E-state index in [9.17, 15) is 4.79 Å². The van der Waals surface area contributed by atoms with Crippen LogP contribution in [0.5, 0.6) is 0 Å². The van der Waals surface area contributed by atoms with Gasteiger partial charge in [-0.1, -0.05) is 30.3 Å². The van der Waals surface area contributed by atoms with E-state index in [1.54, 1.807) is 4.52 Å². The number of hydrogen-bond acceptors (Lipinski definition) is 7. The number of anilines is 2. The Morgan fingerprint density at radius 3 is 2.63 bits per heavy atom. The molecule has 4 heterocycles. The van der Waals surface area contributed by atoms with Crippen LogP contribution in [0, 0.1) is 12.8 Å². The minimum atomic E-state index is -0.0102. The molecule has 152 valence electrons. The highest BCUT2D eigenvalue weighted by Gasteiger charge is 2.26. The minimum absolute atomic E-state index is 0.0102. The predicted octanol–water partition coefficient (Wildman–Crippen LogP) is 3.41. The molecule has 0 spiro atoms. The van der Waals surface area contributed by atoms with Gasteiger partial charge in [-0.25, -0.2) is 4.98 Å². The molecule has 1 amide bonds. The molecule has 0 unspecified atom stereocenters. The molecule has 0 bridgehead atoms. The summed E-state index contributed by atoms with van der Waals surface area (Å²) >= 11 is 1.46. The SMILES string of the molecule is Cc1csc(NC(=O)C2CCN(c3ccc4nnc(-c5ccccc5)n4n3)CC2)n1. The number of carbonyl (C=O) groups excluding carboxylic acids is 1. The second-order valence-electron chi connectivity index (χ2n) is 7.40. The van der Waals surface area contributed by atoms with Gasteiger partial charge in [-0.3, -0.25) is 4.79 Å². The van der Waals surface area contributed by atoms with Crippen molar-refractivity contribution in [2.24, 2.45) is 5.92 Å². The van der Waals surface area contributed by atoms with Crippen LogP contribution in [0.1, 0.15) is 18.5 Å². The van der Waals surface area contributed by atoms with E-state index < -0.39 is 0 Å². The molecule has 5 rings (SSSR count). The zero-order valence-electron chi connectivity index (χ0n) is 16.5. The summed E-state index contributed by atoms with van der Waals surface area (Å²) in [5.74, 6) is 1.64. The number of thiazole rings is 1. The first-order valence-corrected chi connectivity index (χ1v) is 10.8. The average molecular weight is 420 g/mol. The van der Waals surface area contributed by atoms with Crippen LogP contribution >= 0.6 is 11.3 Å². The fraction of sp³-hybridized carbons (Fsp3) is 0.286. The van der Waals surface area contributed by atoms with E-state index in [1.807, 2.05) is 54.8 Å². The van der Waals surface area contributed by atoms with Crippen LogP contribution < -0.4 is 10.2 Å². The van der Waals surface area contributed by atoms with Gasteiger partial charge in [0.05, 0.1) is 5.69 Å². The molecular formula is C21H21N7OS. The molecular weight excluding hydrogens is 398 g/mol. The number of fused-ring (bicyclic) bond motifs is 1. The number of aromatic nitrogens is 5. The summed E-state index contributed by atoms with van der Waals surface area (Å²) in [5, 5.41) is 18.9. The van der Waals surface area contributed by atoms with Crippen molar-refractivity contribution in [1.29, 1.82) is 0 Å². The number of piperidine rings is 1. The lowest BCUT2D eigenvalue weighted by Gasteiger charge is -2.31. The van der Waals surface area contributed by atoms with Crippen molar-refractivity contribution in [3.05, 3.63) is 53.5 Å². The number of benzene rings is 1. The quantitative estimate of drug-likeness (QED) is 0.545. The van der Waals surface area contributed by atoms with Gasteiger partial charge in [0, 0.05) is 30.0 Å². The first-order valence-electron chi connectivity index (χ1n) is 9.93. The minimum Gasteiger partial charge on any atom is -0.355 e. The van der Waals surface area contributed by atoms with E-state index >= 15 is 0 Å². The fourth-order valence-electron chi connectivity index (χ4n) is 3.70. The van der Waals surface area contributed by atoms with Crippen LogP contribution in [0.25, 0.3) is 17.0 Å². The van der Waals surface area contributed by atoms with Gasteiger partial charge in [0.1, 0.15) is 5.82 Å². The van der Waals surface area contributed by atoms with Gasteiger partial charge in [-0.15, -0.1) is 26.6 Å². The zero-order chi connectivity index (χ0) is 20.5. The molecule has 0 radical (unpaired) electrons. The Balaban J connectivity index is 1.29. The molecule has 1 aromatic carbocycles. The van der Waals surface area contributed by atoms with Crippen molar-refractivity contribution in [2.75, 3.05) is 23.3 Å². The molecule has 1 N–H and O–H groups in total. The second kappa shape index (κ2) is 7.83. The van der Waals surface area contributed by atoms with Gasteiger partial charge < -0.3 is 10.2 Å². The summed E-state index contributed by atoms with van der Waals surface area (Å²) in [6, 6.07) is 13.8. The van der Waals surface area contributed by atoms with Crippen LogP contribution in [-0.4, -0.2) is 43.8 Å². The third kappa shape index (κ3) is 3.63. The largest absolute Gasteiger partial charge is 0.355 e. The second-order valence-corrected chi connectivity index (χ2v) is 8.25. The highest BCUT2D eigenvalue weighted by atomic mass is 32.1. The molecule has 1 aliphatic rings. The first kappa shape index (κ1) is 18.7. The first-order chi connectivity index (χ1) is 14.7. The summed E-state index contributed by atoms with van der Waals surface area (Å²) in [6.07, 6.45) is 1.56. The van der Waals surface area contributed by atoms with Crippen LogP contribution in [0.4, 0.5) is 10.9 Å². The molecule has 4 aromatic rings. The van der Waals surface area contributed by atoms with Crippen molar-refractivity contribution in [3.63, 3.8) is 0 Å². The summed E-state index contributed by atoms with van der Waals surface area (Å²) in [5.41, 5.74) is 2.61. The van der Waals surface area contributed by atoms with Gasteiger partial charge >= 0.3 is 0 Å². The van der Waals surface area contributed by atoms with E-state index in [0.717, 1.165) is 48.8 Å². The maximum Gasteiger partial charge on any atom is 0.229 e. The van der Waals surface area contributed by atoms with Crippen molar-refractivity contribution in [2.45, 2.75) is 19.8 Å². The lowest BCUT2D eigenvalue weighted by Crippen LogP contribution is -2.38. The number of carbonyl (C=O) groups is 1. The van der Waals surface area contributed by atoms with Gasteiger partial charge in [-0.2, -0.15) is 4.52 Å². The highest BCUT2D eigenvalue weighted by Crippen LogP contribution is 2.25. The Morgan fingerprint density at radius 1 is 1.10 bits per heavy atom. The molecule has 30 heavy (non-hydrogen) atoms. The monoisotopic (exact) mass is 419 g/mol. The van der Waals surface area contributed by atoms with E-state index in [1.165, 1.54) is 11.3 Å². The van der Waals surface area contributed by atoms with Crippen LogP contribution in [0.2, 0.25) is 0 Å². The third-order valence-electron chi connectivity index (χ3n) is 5.32. The number of rotatable bonds is 4. The molecule has 1 fully saturated rings. The van der Waals surface area contributed by atoms with E-state index in [0.29, 0.717) is 10.8 Å². The zero-order valence-corrected chi connectivity index (χ0v) is 17.3.